The van der Waals surface area contributed by atoms with Gasteiger partial charge in [-0.25, -0.2) is 4.98 Å². The first-order chi connectivity index (χ1) is 10.1. The fraction of sp³-hybridized carbons (Fsp3) is 0.0714. The molecule has 0 aliphatic carbocycles. The molecule has 0 amide bonds. The summed E-state index contributed by atoms with van der Waals surface area (Å²) >= 11 is 5.87. The Bertz CT molecular complexity index is 783. The van der Waals surface area contributed by atoms with Crippen molar-refractivity contribution in [2.24, 2.45) is 0 Å². The third-order valence-corrected chi connectivity index (χ3v) is 3.33. The van der Waals surface area contributed by atoms with Crippen LogP contribution in [0.1, 0.15) is 5.69 Å². The number of rotatable bonds is 4. The predicted octanol–water partition coefficient (Wildman–Crippen LogP) is 3.51. The minimum absolute atomic E-state index is 0.102. The topological polar surface area (TPSA) is 72.5 Å². The van der Waals surface area contributed by atoms with Crippen LogP contribution in [0.3, 0.4) is 0 Å². The van der Waals surface area contributed by atoms with Gasteiger partial charge < -0.3 is 9.72 Å². The highest BCUT2D eigenvalue weighted by Crippen LogP contribution is 2.27. The molecule has 2 heterocycles. The number of imidazole rings is 1. The fourth-order valence-electron chi connectivity index (χ4n) is 2.03. The van der Waals surface area contributed by atoms with Crippen LogP contribution in [0.2, 0.25) is 5.02 Å². The van der Waals surface area contributed by atoms with Crippen LogP contribution in [0.5, 0.6) is 0 Å². The van der Waals surface area contributed by atoms with E-state index in [1.54, 1.807) is 6.07 Å². The van der Waals surface area contributed by atoms with Crippen molar-refractivity contribution in [1.29, 1.82) is 0 Å². The number of hydrogen-bond acceptors (Lipinski definition) is 4. The number of nitrogens with one attached hydrogen (secondary N) is 1. The summed E-state index contributed by atoms with van der Waals surface area (Å²) in [5, 5.41) is 14.0. The maximum atomic E-state index is 10.7. The van der Waals surface area contributed by atoms with E-state index in [1.165, 1.54) is 12.1 Å². The molecule has 0 aliphatic heterocycles. The van der Waals surface area contributed by atoms with Gasteiger partial charge in [0.15, 0.2) is 0 Å². The SMILES string of the molecule is O=[N+]([O-])c1ccc(NCc2cn3ccccc3n2)cc1Cl. The van der Waals surface area contributed by atoms with E-state index in [1.807, 2.05) is 35.0 Å². The Kier molecular flexibility index (Phi) is 3.45. The first kappa shape index (κ1) is 13.4. The molecule has 3 aromatic rings. The van der Waals surface area contributed by atoms with Crippen molar-refractivity contribution in [3.05, 3.63) is 69.6 Å². The number of nitro groups is 1. The summed E-state index contributed by atoms with van der Waals surface area (Å²) in [5.74, 6) is 0. The Balaban J connectivity index is 1.75. The first-order valence-electron chi connectivity index (χ1n) is 6.24. The van der Waals surface area contributed by atoms with E-state index in [9.17, 15) is 10.1 Å². The average molecular weight is 303 g/mol. The molecular weight excluding hydrogens is 292 g/mol. The van der Waals surface area contributed by atoms with Crippen molar-refractivity contribution in [3.8, 4) is 0 Å². The first-order valence-corrected chi connectivity index (χ1v) is 6.62. The van der Waals surface area contributed by atoms with Crippen LogP contribution in [0.15, 0.2) is 48.8 Å². The van der Waals surface area contributed by atoms with Gasteiger partial charge in [0.1, 0.15) is 10.7 Å². The highest BCUT2D eigenvalue weighted by Gasteiger charge is 2.12. The molecule has 0 saturated carbocycles. The molecule has 0 spiro atoms. The minimum Gasteiger partial charge on any atom is -0.379 e. The van der Waals surface area contributed by atoms with Crippen molar-refractivity contribution in [2.75, 3.05) is 5.32 Å². The minimum atomic E-state index is -0.506. The van der Waals surface area contributed by atoms with Crippen LogP contribution in [-0.4, -0.2) is 14.3 Å². The van der Waals surface area contributed by atoms with Gasteiger partial charge in [0.2, 0.25) is 0 Å². The Hall–Kier alpha value is -2.60. The van der Waals surface area contributed by atoms with Gasteiger partial charge in [0, 0.05) is 24.1 Å². The molecule has 1 N–H and O–H groups in total. The maximum absolute atomic E-state index is 10.7. The van der Waals surface area contributed by atoms with E-state index in [0.717, 1.165) is 11.3 Å². The van der Waals surface area contributed by atoms with Gasteiger partial charge in [-0.1, -0.05) is 17.7 Å². The Labute approximate surface area is 125 Å². The van der Waals surface area contributed by atoms with Crippen LogP contribution in [0.4, 0.5) is 11.4 Å². The molecule has 0 unspecified atom stereocenters. The van der Waals surface area contributed by atoms with Gasteiger partial charge in [0.05, 0.1) is 17.2 Å². The van der Waals surface area contributed by atoms with Crippen molar-refractivity contribution in [3.63, 3.8) is 0 Å². The molecule has 2 aromatic heterocycles. The monoisotopic (exact) mass is 302 g/mol. The molecule has 0 saturated heterocycles. The Morgan fingerprint density at radius 3 is 2.90 bits per heavy atom. The standard InChI is InChI=1S/C14H11ClN4O2/c15-12-7-10(4-5-13(12)19(20)21)16-8-11-9-18-6-2-1-3-14(18)17-11/h1-7,9,16H,8H2. The number of hydrogen-bond donors (Lipinski definition) is 1. The quantitative estimate of drug-likeness (QED) is 0.591. The maximum Gasteiger partial charge on any atom is 0.288 e. The number of aromatic nitrogens is 2. The molecule has 0 atom stereocenters. The predicted molar refractivity (Wildman–Crippen MR) is 80.6 cm³/mol. The van der Waals surface area contributed by atoms with Crippen LogP contribution < -0.4 is 5.32 Å². The van der Waals surface area contributed by atoms with Gasteiger partial charge in [-0.2, -0.15) is 0 Å². The van der Waals surface area contributed by atoms with Crippen molar-refractivity contribution >= 4 is 28.6 Å². The van der Waals surface area contributed by atoms with Gasteiger partial charge >= 0.3 is 0 Å². The Morgan fingerprint density at radius 2 is 2.19 bits per heavy atom. The van der Waals surface area contributed by atoms with Crippen LogP contribution in [0, 0.1) is 10.1 Å². The van der Waals surface area contributed by atoms with Gasteiger partial charge in [-0.15, -0.1) is 0 Å². The summed E-state index contributed by atoms with van der Waals surface area (Å²) in [4.78, 5) is 14.6. The van der Waals surface area contributed by atoms with Crippen LogP contribution in [0.25, 0.3) is 5.65 Å². The summed E-state index contributed by atoms with van der Waals surface area (Å²) in [7, 11) is 0. The lowest BCUT2D eigenvalue weighted by atomic mass is 10.3. The molecule has 6 nitrogen and oxygen atoms in total. The lowest BCUT2D eigenvalue weighted by Gasteiger charge is -2.04. The molecule has 106 valence electrons. The second kappa shape index (κ2) is 5.41. The number of fused-ring (bicyclic) bond motifs is 1. The number of nitro benzene ring substituents is 1. The molecule has 7 heteroatoms. The number of halogens is 1. The normalized spacial score (nSPS) is 10.7. The zero-order valence-corrected chi connectivity index (χ0v) is 11.6. The van der Waals surface area contributed by atoms with Crippen LogP contribution >= 0.6 is 11.6 Å². The number of benzene rings is 1. The second-order valence-corrected chi connectivity index (χ2v) is 4.88. The lowest BCUT2D eigenvalue weighted by molar-refractivity contribution is -0.384. The van der Waals surface area contributed by atoms with Crippen LogP contribution in [-0.2, 0) is 6.54 Å². The van der Waals surface area contributed by atoms with E-state index in [0.29, 0.717) is 12.2 Å². The lowest BCUT2D eigenvalue weighted by Crippen LogP contribution is -2.00. The highest BCUT2D eigenvalue weighted by molar-refractivity contribution is 6.32. The molecule has 3 rings (SSSR count). The van der Waals surface area contributed by atoms with Gasteiger partial charge in [0.25, 0.3) is 5.69 Å². The number of nitrogens with zero attached hydrogens (tertiary/aromatic N) is 3. The molecular formula is C14H11ClN4O2. The highest BCUT2D eigenvalue weighted by atomic mass is 35.5. The summed E-state index contributed by atoms with van der Waals surface area (Å²) in [6, 6.07) is 10.3. The largest absolute Gasteiger partial charge is 0.379 e. The summed E-state index contributed by atoms with van der Waals surface area (Å²) < 4.78 is 1.93. The summed E-state index contributed by atoms with van der Waals surface area (Å²) in [6.07, 6.45) is 3.85. The number of pyridine rings is 1. The molecule has 1 aromatic carbocycles. The van der Waals surface area contributed by atoms with E-state index >= 15 is 0 Å². The molecule has 0 fully saturated rings. The van der Waals surface area contributed by atoms with Crippen molar-refractivity contribution in [1.82, 2.24) is 9.38 Å². The summed E-state index contributed by atoms with van der Waals surface area (Å²) in [5.41, 5.74) is 2.35. The number of anilines is 1. The second-order valence-electron chi connectivity index (χ2n) is 4.48. The fourth-order valence-corrected chi connectivity index (χ4v) is 2.28. The van der Waals surface area contributed by atoms with E-state index in [2.05, 4.69) is 10.3 Å². The third kappa shape index (κ3) is 2.80. The Morgan fingerprint density at radius 1 is 1.33 bits per heavy atom. The van der Waals surface area contributed by atoms with Gasteiger partial charge in [-0.05, 0) is 24.3 Å². The summed E-state index contributed by atoms with van der Waals surface area (Å²) in [6.45, 7) is 0.510. The van der Waals surface area contributed by atoms with E-state index in [4.69, 9.17) is 11.6 Å². The van der Waals surface area contributed by atoms with Gasteiger partial charge in [-0.3, -0.25) is 10.1 Å². The zero-order valence-electron chi connectivity index (χ0n) is 10.9. The van der Waals surface area contributed by atoms with Crippen molar-refractivity contribution < 1.29 is 4.92 Å². The molecule has 0 bridgehead atoms. The third-order valence-electron chi connectivity index (χ3n) is 3.03. The zero-order chi connectivity index (χ0) is 14.8. The molecule has 0 aliphatic rings. The van der Waals surface area contributed by atoms with E-state index in [-0.39, 0.29) is 10.7 Å². The van der Waals surface area contributed by atoms with E-state index < -0.39 is 4.92 Å². The average Bonchev–Trinajstić information content (AvgIpc) is 2.87. The molecule has 0 radical (unpaired) electrons. The smallest absolute Gasteiger partial charge is 0.288 e. The molecule has 21 heavy (non-hydrogen) atoms. The van der Waals surface area contributed by atoms with Crippen molar-refractivity contribution in [2.45, 2.75) is 6.54 Å².